The number of rotatable bonds is 2. The van der Waals surface area contributed by atoms with E-state index in [1.54, 1.807) is 24.9 Å². The molecule has 2 aliphatic rings. The lowest BCUT2D eigenvalue weighted by molar-refractivity contribution is -0.150. The Morgan fingerprint density at radius 2 is 2.10 bits per heavy atom. The second kappa shape index (κ2) is 5.52. The first-order chi connectivity index (χ1) is 9.31. The molecule has 6 heteroatoms. The van der Waals surface area contributed by atoms with Crippen LogP contribution in [0.15, 0.2) is 22.4 Å². The Morgan fingerprint density at radius 3 is 2.70 bits per heavy atom. The van der Waals surface area contributed by atoms with Crippen LogP contribution in [0.5, 0.6) is 0 Å². The van der Waals surface area contributed by atoms with Crippen LogP contribution >= 0.6 is 11.8 Å². The van der Waals surface area contributed by atoms with E-state index in [-0.39, 0.29) is 11.9 Å². The number of carbonyl (C=O) groups is 2. The molecule has 0 radical (unpaired) electrons. The predicted octanol–water partition coefficient (Wildman–Crippen LogP) is 1.62. The predicted molar refractivity (Wildman–Crippen MR) is 78.8 cm³/mol. The van der Waals surface area contributed by atoms with E-state index >= 15 is 0 Å². The number of likely N-dealkylation sites (N-methyl/N-ethyl adjacent to an activating group) is 1. The number of thioether (sulfide) groups is 1. The van der Waals surface area contributed by atoms with Gasteiger partial charge in [0, 0.05) is 37.5 Å². The summed E-state index contributed by atoms with van der Waals surface area (Å²) in [6, 6.07) is 0. The molecule has 0 spiro atoms. The molecule has 1 saturated heterocycles. The lowest BCUT2D eigenvalue weighted by Gasteiger charge is -2.20. The molecule has 1 fully saturated rings. The Morgan fingerprint density at radius 1 is 1.40 bits per heavy atom. The van der Waals surface area contributed by atoms with Crippen LogP contribution in [0.25, 0.3) is 0 Å². The number of nitrogens with one attached hydrogen (secondary N) is 1. The zero-order valence-electron chi connectivity index (χ0n) is 12.3. The van der Waals surface area contributed by atoms with Crippen molar-refractivity contribution in [3.05, 3.63) is 22.4 Å². The Bertz CT molecular complexity index is 503. The molecular weight excluding hydrogens is 276 g/mol. The summed E-state index contributed by atoms with van der Waals surface area (Å²) in [4.78, 5) is 25.6. The maximum atomic E-state index is 12.2. The van der Waals surface area contributed by atoms with Crippen LogP contribution < -0.4 is 5.32 Å². The highest BCUT2D eigenvalue weighted by Crippen LogP contribution is 2.42. The lowest BCUT2D eigenvalue weighted by atomic mass is 10.2. The average Bonchev–Trinajstić information content (AvgIpc) is 2.89. The summed E-state index contributed by atoms with van der Waals surface area (Å²) in [5.74, 6) is 0.353. The highest BCUT2D eigenvalue weighted by molar-refractivity contribution is 8.03. The molecule has 0 aromatic carbocycles. The fourth-order valence-electron chi connectivity index (χ4n) is 2.13. The first-order valence-electron chi connectivity index (χ1n) is 6.61. The van der Waals surface area contributed by atoms with Crippen molar-refractivity contribution in [1.29, 1.82) is 0 Å². The molecule has 1 N–H and O–H groups in total. The van der Waals surface area contributed by atoms with Gasteiger partial charge in [-0.3, -0.25) is 4.79 Å². The number of esters is 1. The fourth-order valence-corrected chi connectivity index (χ4v) is 3.37. The van der Waals surface area contributed by atoms with Gasteiger partial charge in [0.25, 0.3) is 0 Å². The number of fused-ring (bicyclic) bond motifs is 1. The Balaban J connectivity index is 2.17. The molecular formula is C14H20N2O3S. The van der Waals surface area contributed by atoms with Gasteiger partial charge in [-0.15, -0.1) is 11.8 Å². The SMILES string of the molecule is CNC(=O)C=C1CSC2=C(C(=O)OC(C)(C)C)CCN12. The minimum absolute atomic E-state index is 0.118. The third kappa shape index (κ3) is 3.17. The molecule has 0 bridgehead atoms. The second-order valence-corrected chi connectivity index (χ2v) is 6.69. The summed E-state index contributed by atoms with van der Waals surface area (Å²) in [5, 5.41) is 3.52. The quantitative estimate of drug-likeness (QED) is 0.620. The van der Waals surface area contributed by atoms with E-state index in [9.17, 15) is 9.59 Å². The molecule has 110 valence electrons. The number of hydrogen-bond acceptors (Lipinski definition) is 5. The third-order valence-electron chi connectivity index (χ3n) is 2.98. The minimum atomic E-state index is -0.484. The van der Waals surface area contributed by atoms with Gasteiger partial charge in [-0.1, -0.05) is 0 Å². The number of hydrogen-bond donors (Lipinski definition) is 1. The molecule has 0 aromatic rings. The van der Waals surface area contributed by atoms with Crippen LogP contribution in [0.1, 0.15) is 27.2 Å². The van der Waals surface area contributed by atoms with Gasteiger partial charge in [-0.25, -0.2) is 4.79 Å². The summed E-state index contributed by atoms with van der Waals surface area (Å²) < 4.78 is 5.43. The standard InChI is InChI=1S/C14H20N2O3S/c1-14(2,3)19-13(18)10-5-6-16-9(7-11(17)15-4)8-20-12(10)16/h7H,5-6,8H2,1-4H3,(H,15,17). The van der Waals surface area contributed by atoms with E-state index in [0.717, 1.165) is 28.6 Å². The molecule has 0 aliphatic carbocycles. The van der Waals surface area contributed by atoms with E-state index in [0.29, 0.717) is 6.42 Å². The topological polar surface area (TPSA) is 58.6 Å². The van der Waals surface area contributed by atoms with E-state index < -0.39 is 5.60 Å². The first kappa shape index (κ1) is 15.0. The molecule has 0 atom stereocenters. The van der Waals surface area contributed by atoms with Crippen molar-refractivity contribution >= 4 is 23.6 Å². The number of ether oxygens (including phenoxy) is 1. The smallest absolute Gasteiger partial charge is 0.337 e. The number of nitrogens with zero attached hydrogens (tertiary/aromatic N) is 1. The highest BCUT2D eigenvalue weighted by atomic mass is 32.2. The van der Waals surface area contributed by atoms with Crippen LogP contribution in [0.3, 0.4) is 0 Å². The number of carbonyl (C=O) groups excluding carboxylic acids is 2. The molecule has 2 heterocycles. The van der Waals surface area contributed by atoms with Gasteiger partial charge in [0.1, 0.15) is 5.60 Å². The molecule has 2 rings (SSSR count). The van der Waals surface area contributed by atoms with Crippen molar-refractivity contribution in [2.24, 2.45) is 0 Å². The largest absolute Gasteiger partial charge is 0.457 e. The molecule has 0 unspecified atom stereocenters. The van der Waals surface area contributed by atoms with Gasteiger partial charge in [-0.05, 0) is 20.8 Å². The van der Waals surface area contributed by atoms with E-state index in [4.69, 9.17) is 4.74 Å². The normalized spacial score (nSPS) is 20.4. The van der Waals surface area contributed by atoms with E-state index in [1.807, 2.05) is 25.7 Å². The van der Waals surface area contributed by atoms with E-state index in [1.165, 1.54) is 0 Å². The van der Waals surface area contributed by atoms with Gasteiger partial charge < -0.3 is 15.0 Å². The lowest BCUT2D eigenvalue weighted by Crippen LogP contribution is -2.24. The van der Waals surface area contributed by atoms with Crippen LogP contribution in [0.4, 0.5) is 0 Å². The average molecular weight is 296 g/mol. The van der Waals surface area contributed by atoms with Crippen molar-refractivity contribution in [3.8, 4) is 0 Å². The summed E-state index contributed by atoms with van der Waals surface area (Å²) >= 11 is 1.59. The highest BCUT2D eigenvalue weighted by Gasteiger charge is 2.36. The first-order valence-corrected chi connectivity index (χ1v) is 7.59. The van der Waals surface area contributed by atoms with Gasteiger partial charge >= 0.3 is 5.97 Å². The van der Waals surface area contributed by atoms with Gasteiger partial charge in [0.2, 0.25) is 5.91 Å². The molecule has 5 nitrogen and oxygen atoms in total. The van der Waals surface area contributed by atoms with Crippen molar-refractivity contribution in [1.82, 2.24) is 10.2 Å². The zero-order valence-corrected chi connectivity index (χ0v) is 13.1. The maximum Gasteiger partial charge on any atom is 0.337 e. The Hall–Kier alpha value is -1.43. The van der Waals surface area contributed by atoms with Crippen molar-refractivity contribution < 1.29 is 14.3 Å². The van der Waals surface area contributed by atoms with Gasteiger partial charge in [0.05, 0.1) is 10.6 Å². The zero-order chi connectivity index (χ0) is 14.9. The van der Waals surface area contributed by atoms with Gasteiger partial charge in [-0.2, -0.15) is 0 Å². The second-order valence-electron chi connectivity index (χ2n) is 5.73. The Labute approximate surface area is 123 Å². The monoisotopic (exact) mass is 296 g/mol. The van der Waals surface area contributed by atoms with Crippen LogP contribution in [0, 0.1) is 0 Å². The summed E-state index contributed by atoms with van der Waals surface area (Å²) in [6.45, 7) is 6.32. The van der Waals surface area contributed by atoms with Crippen molar-refractivity contribution in [2.45, 2.75) is 32.8 Å². The molecule has 0 saturated carbocycles. The molecule has 1 amide bonds. The minimum Gasteiger partial charge on any atom is -0.457 e. The summed E-state index contributed by atoms with van der Waals surface area (Å²) in [6.07, 6.45) is 2.26. The van der Waals surface area contributed by atoms with Gasteiger partial charge in [0.15, 0.2) is 0 Å². The number of amides is 1. The maximum absolute atomic E-state index is 12.2. The third-order valence-corrected chi connectivity index (χ3v) is 4.16. The fraction of sp³-hybridized carbons (Fsp3) is 0.571. The molecule has 20 heavy (non-hydrogen) atoms. The summed E-state index contributed by atoms with van der Waals surface area (Å²) in [7, 11) is 1.61. The van der Waals surface area contributed by atoms with Crippen LogP contribution in [0.2, 0.25) is 0 Å². The van der Waals surface area contributed by atoms with Crippen LogP contribution in [-0.4, -0.2) is 41.7 Å². The molecule has 0 aromatic heterocycles. The summed E-state index contributed by atoms with van der Waals surface area (Å²) in [5.41, 5.74) is 1.19. The van der Waals surface area contributed by atoms with Crippen LogP contribution in [-0.2, 0) is 14.3 Å². The van der Waals surface area contributed by atoms with E-state index in [2.05, 4.69) is 5.32 Å². The van der Waals surface area contributed by atoms with Crippen molar-refractivity contribution in [2.75, 3.05) is 19.3 Å². The molecule has 2 aliphatic heterocycles. The van der Waals surface area contributed by atoms with Crippen molar-refractivity contribution in [3.63, 3.8) is 0 Å². The Kier molecular flexibility index (Phi) is 4.13.